The Morgan fingerprint density at radius 1 is 1.19 bits per heavy atom. The highest BCUT2D eigenvalue weighted by molar-refractivity contribution is 7.16. The van der Waals surface area contributed by atoms with E-state index in [-0.39, 0.29) is 5.91 Å². The molecule has 0 saturated carbocycles. The van der Waals surface area contributed by atoms with Crippen molar-refractivity contribution in [1.82, 2.24) is 10.2 Å². The summed E-state index contributed by atoms with van der Waals surface area (Å²) in [5.74, 6) is 0.0772. The molecule has 2 aliphatic heterocycles. The van der Waals surface area contributed by atoms with E-state index in [1.807, 2.05) is 23.1 Å². The average molecular weight is 371 g/mol. The smallest absolute Gasteiger partial charge is 0.407 e. The van der Waals surface area contributed by atoms with Crippen molar-refractivity contribution in [1.29, 1.82) is 0 Å². The molecule has 2 aromatic rings. The maximum atomic E-state index is 12.6. The van der Waals surface area contributed by atoms with Gasteiger partial charge in [0.05, 0.1) is 13.1 Å². The topological polar surface area (TPSA) is 72.9 Å². The monoisotopic (exact) mass is 371 g/mol. The summed E-state index contributed by atoms with van der Waals surface area (Å²) in [5, 5.41) is 13.5. The van der Waals surface area contributed by atoms with E-state index in [9.17, 15) is 14.7 Å². The number of rotatable bonds is 3. The van der Waals surface area contributed by atoms with Crippen molar-refractivity contribution in [3.63, 3.8) is 0 Å². The summed E-state index contributed by atoms with van der Waals surface area (Å²) < 4.78 is 0. The molecule has 0 radical (unpaired) electrons. The van der Waals surface area contributed by atoms with Crippen molar-refractivity contribution in [2.45, 2.75) is 25.9 Å². The van der Waals surface area contributed by atoms with E-state index in [0.717, 1.165) is 22.7 Å². The molecule has 1 aromatic carbocycles. The number of anilines is 1. The zero-order valence-electron chi connectivity index (χ0n) is 14.4. The summed E-state index contributed by atoms with van der Waals surface area (Å²) in [5.41, 5.74) is 3.61. The molecule has 0 aliphatic carbocycles. The van der Waals surface area contributed by atoms with Gasteiger partial charge in [0.2, 0.25) is 5.91 Å². The van der Waals surface area contributed by atoms with Crippen molar-refractivity contribution in [2.75, 3.05) is 24.5 Å². The van der Waals surface area contributed by atoms with Gasteiger partial charge in [-0.3, -0.25) is 4.79 Å². The van der Waals surface area contributed by atoms with Crippen LogP contribution in [0.2, 0.25) is 0 Å². The second-order valence-electron chi connectivity index (χ2n) is 6.63. The minimum Gasteiger partial charge on any atom is -0.465 e. The predicted octanol–water partition coefficient (Wildman–Crippen LogP) is 2.46. The molecule has 0 unspecified atom stereocenters. The van der Waals surface area contributed by atoms with Crippen molar-refractivity contribution >= 4 is 28.3 Å². The fourth-order valence-corrected chi connectivity index (χ4v) is 5.06. The van der Waals surface area contributed by atoms with Gasteiger partial charge in [0.1, 0.15) is 5.00 Å². The number of benzene rings is 1. The van der Waals surface area contributed by atoms with Crippen LogP contribution in [0.15, 0.2) is 30.3 Å². The molecule has 2 N–H and O–H groups in total. The Labute approximate surface area is 156 Å². The van der Waals surface area contributed by atoms with Gasteiger partial charge in [-0.05, 0) is 24.0 Å². The third kappa shape index (κ3) is 3.20. The zero-order chi connectivity index (χ0) is 18.1. The molecule has 6 nitrogen and oxygen atoms in total. The van der Waals surface area contributed by atoms with Crippen LogP contribution in [0.3, 0.4) is 0 Å². The third-order valence-corrected chi connectivity index (χ3v) is 6.29. The number of fused-ring (bicyclic) bond motifs is 3. The molecule has 0 bridgehead atoms. The SMILES string of the molecule is O=C(O)N1CCc2c(sc3c2CNCC(=O)N3CCc2ccccc2)C1. The van der Waals surface area contributed by atoms with Gasteiger partial charge in [0.15, 0.2) is 0 Å². The first-order valence-electron chi connectivity index (χ1n) is 8.80. The summed E-state index contributed by atoms with van der Waals surface area (Å²) in [6.45, 7) is 2.58. The molecule has 0 fully saturated rings. The van der Waals surface area contributed by atoms with Crippen LogP contribution < -0.4 is 10.2 Å². The second kappa shape index (κ2) is 7.09. The minimum absolute atomic E-state index is 0.0772. The van der Waals surface area contributed by atoms with Gasteiger partial charge in [-0.2, -0.15) is 0 Å². The highest BCUT2D eigenvalue weighted by Gasteiger charge is 2.31. The molecule has 3 heterocycles. The van der Waals surface area contributed by atoms with Crippen LogP contribution in [0.4, 0.5) is 9.80 Å². The van der Waals surface area contributed by atoms with Gasteiger partial charge in [0.25, 0.3) is 0 Å². The Morgan fingerprint density at radius 2 is 2.00 bits per heavy atom. The number of amides is 2. The molecule has 0 atom stereocenters. The first kappa shape index (κ1) is 17.1. The van der Waals surface area contributed by atoms with Crippen LogP contribution >= 0.6 is 11.3 Å². The van der Waals surface area contributed by atoms with Crippen molar-refractivity contribution < 1.29 is 14.7 Å². The molecule has 4 rings (SSSR count). The quantitative estimate of drug-likeness (QED) is 0.869. The number of carboxylic acid groups (broad SMARTS) is 1. The van der Waals surface area contributed by atoms with Crippen LogP contribution in [0.25, 0.3) is 0 Å². The third-order valence-electron chi connectivity index (χ3n) is 5.01. The lowest BCUT2D eigenvalue weighted by Crippen LogP contribution is -2.36. The molecule has 26 heavy (non-hydrogen) atoms. The summed E-state index contributed by atoms with van der Waals surface area (Å²) in [7, 11) is 0. The molecular formula is C19H21N3O3S. The Bertz CT molecular complexity index is 834. The standard InChI is InChI=1S/C19H21N3O3S/c23-17-11-20-10-15-14-7-8-21(19(24)25)12-16(14)26-18(15)22(17)9-6-13-4-2-1-3-5-13/h1-5,20H,6-12H2,(H,24,25). The van der Waals surface area contributed by atoms with E-state index < -0.39 is 6.09 Å². The lowest BCUT2D eigenvalue weighted by Gasteiger charge is -2.24. The van der Waals surface area contributed by atoms with Crippen LogP contribution in [0, 0.1) is 0 Å². The number of thiophene rings is 1. The maximum Gasteiger partial charge on any atom is 0.407 e. The van der Waals surface area contributed by atoms with E-state index >= 15 is 0 Å². The van der Waals surface area contributed by atoms with Crippen LogP contribution in [-0.2, 0) is 30.7 Å². The first-order valence-corrected chi connectivity index (χ1v) is 9.61. The number of carbonyl (C=O) groups is 2. The highest BCUT2D eigenvalue weighted by Crippen LogP contribution is 2.40. The molecule has 2 aliphatic rings. The van der Waals surface area contributed by atoms with E-state index in [1.54, 1.807) is 11.3 Å². The number of carbonyl (C=O) groups excluding carboxylic acids is 1. The zero-order valence-corrected chi connectivity index (χ0v) is 15.2. The van der Waals surface area contributed by atoms with Crippen molar-refractivity contribution in [3.8, 4) is 0 Å². The fourth-order valence-electron chi connectivity index (χ4n) is 3.63. The first-order chi connectivity index (χ1) is 12.6. The molecular weight excluding hydrogens is 350 g/mol. The lowest BCUT2D eigenvalue weighted by atomic mass is 10.0. The molecule has 0 saturated heterocycles. The van der Waals surface area contributed by atoms with Crippen LogP contribution in [-0.4, -0.2) is 41.6 Å². The van der Waals surface area contributed by atoms with Gasteiger partial charge < -0.3 is 20.2 Å². The van der Waals surface area contributed by atoms with Crippen LogP contribution in [0.1, 0.15) is 21.6 Å². The number of nitrogens with zero attached hydrogens (tertiary/aromatic N) is 2. The fraction of sp³-hybridized carbons (Fsp3) is 0.368. The predicted molar refractivity (Wildman–Crippen MR) is 101 cm³/mol. The van der Waals surface area contributed by atoms with Crippen LogP contribution in [0.5, 0.6) is 0 Å². The summed E-state index contributed by atoms with van der Waals surface area (Å²) in [6, 6.07) is 10.2. The molecule has 2 amide bonds. The van der Waals surface area contributed by atoms with E-state index in [2.05, 4.69) is 17.4 Å². The molecule has 136 valence electrons. The van der Waals surface area contributed by atoms with Crippen molar-refractivity contribution in [3.05, 3.63) is 51.9 Å². The summed E-state index contributed by atoms with van der Waals surface area (Å²) in [6.07, 6.45) is 0.639. The van der Waals surface area contributed by atoms with Gasteiger partial charge in [-0.25, -0.2) is 4.79 Å². The van der Waals surface area contributed by atoms with Crippen molar-refractivity contribution in [2.24, 2.45) is 0 Å². The average Bonchev–Trinajstić information content (AvgIpc) is 2.92. The lowest BCUT2D eigenvalue weighted by molar-refractivity contribution is -0.117. The Balaban J connectivity index is 1.62. The molecule has 0 spiro atoms. The van der Waals surface area contributed by atoms with E-state index in [4.69, 9.17) is 0 Å². The summed E-state index contributed by atoms with van der Waals surface area (Å²) >= 11 is 1.58. The minimum atomic E-state index is -0.880. The largest absolute Gasteiger partial charge is 0.465 e. The normalized spacial score (nSPS) is 16.8. The highest BCUT2D eigenvalue weighted by atomic mass is 32.1. The maximum absolute atomic E-state index is 12.6. The van der Waals surface area contributed by atoms with E-state index in [1.165, 1.54) is 21.6 Å². The molecule has 7 heteroatoms. The Kier molecular flexibility index (Phi) is 4.65. The Hall–Kier alpha value is -2.38. The Morgan fingerprint density at radius 3 is 2.77 bits per heavy atom. The summed E-state index contributed by atoms with van der Waals surface area (Å²) in [4.78, 5) is 28.3. The second-order valence-corrected chi connectivity index (χ2v) is 7.71. The number of hydrogen-bond donors (Lipinski definition) is 2. The number of hydrogen-bond acceptors (Lipinski definition) is 4. The molecule has 1 aromatic heterocycles. The number of nitrogens with one attached hydrogen (secondary N) is 1. The van der Waals surface area contributed by atoms with Gasteiger partial charge >= 0.3 is 6.09 Å². The van der Waals surface area contributed by atoms with Gasteiger partial charge in [-0.1, -0.05) is 30.3 Å². The van der Waals surface area contributed by atoms with Gasteiger partial charge in [-0.15, -0.1) is 11.3 Å². The van der Waals surface area contributed by atoms with Gasteiger partial charge in [0, 0.05) is 30.1 Å². The van der Waals surface area contributed by atoms with E-state index in [0.29, 0.717) is 32.7 Å².